The molecule has 7 nitrogen and oxygen atoms in total. The molecule has 2 amide bonds. The molecule has 3 aromatic rings. The maximum Gasteiger partial charge on any atom is 0.274 e. The summed E-state index contributed by atoms with van der Waals surface area (Å²) in [6, 6.07) is 9.51. The summed E-state index contributed by atoms with van der Waals surface area (Å²) in [5.41, 5.74) is 2.77. The summed E-state index contributed by atoms with van der Waals surface area (Å²) in [5.74, 6) is -3.19. The normalized spacial score (nSPS) is 14.2. The lowest BCUT2D eigenvalue weighted by atomic mass is 10.0. The van der Waals surface area contributed by atoms with Crippen LogP contribution in [-0.2, 0) is 4.79 Å². The van der Waals surface area contributed by atoms with Crippen LogP contribution < -0.4 is 10.6 Å². The number of hydrogen-bond donors (Lipinski definition) is 2. The van der Waals surface area contributed by atoms with Gasteiger partial charge in [0.25, 0.3) is 5.91 Å². The van der Waals surface area contributed by atoms with Crippen LogP contribution >= 0.6 is 0 Å². The predicted octanol–water partition coefficient (Wildman–Crippen LogP) is 2.95. The van der Waals surface area contributed by atoms with E-state index in [4.69, 9.17) is 0 Å². The SMILES string of the molecule is CNC(=O)C(NC(=O)c1nnn(-c2ccc(C)cc2)c1C1CC1)c1ccc(F)c(F)c1. The van der Waals surface area contributed by atoms with Crippen LogP contribution in [0, 0.1) is 18.6 Å². The molecule has 4 rings (SSSR count). The number of aromatic nitrogens is 3. The minimum Gasteiger partial charge on any atom is -0.357 e. The average molecular weight is 425 g/mol. The zero-order valence-electron chi connectivity index (χ0n) is 17.0. The Morgan fingerprint density at radius 1 is 1.10 bits per heavy atom. The number of carbonyl (C=O) groups is 2. The Labute approximate surface area is 177 Å². The van der Waals surface area contributed by atoms with Crippen molar-refractivity contribution in [1.82, 2.24) is 25.6 Å². The molecule has 1 aliphatic rings. The first-order valence-electron chi connectivity index (χ1n) is 9.89. The van der Waals surface area contributed by atoms with Gasteiger partial charge in [-0.3, -0.25) is 9.59 Å². The van der Waals surface area contributed by atoms with Crippen molar-refractivity contribution in [2.24, 2.45) is 0 Å². The fourth-order valence-electron chi connectivity index (χ4n) is 3.39. The number of halogens is 2. The first-order valence-corrected chi connectivity index (χ1v) is 9.89. The van der Waals surface area contributed by atoms with E-state index >= 15 is 0 Å². The molecule has 1 unspecified atom stereocenters. The van der Waals surface area contributed by atoms with E-state index in [-0.39, 0.29) is 17.2 Å². The quantitative estimate of drug-likeness (QED) is 0.636. The van der Waals surface area contributed by atoms with Crippen LogP contribution in [0.5, 0.6) is 0 Å². The van der Waals surface area contributed by atoms with E-state index in [2.05, 4.69) is 20.9 Å². The highest BCUT2D eigenvalue weighted by atomic mass is 19.2. The van der Waals surface area contributed by atoms with E-state index in [1.807, 2.05) is 31.2 Å². The molecule has 9 heteroatoms. The van der Waals surface area contributed by atoms with Gasteiger partial charge in [0.2, 0.25) is 5.91 Å². The summed E-state index contributed by atoms with van der Waals surface area (Å²) >= 11 is 0. The molecule has 1 aliphatic carbocycles. The van der Waals surface area contributed by atoms with Crippen LogP contribution in [0.2, 0.25) is 0 Å². The second-order valence-electron chi connectivity index (χ2n) is 7.54. The van der Waals surface area contributed by atoms with Crippen LogP contribution in [0.3, 0.4) is 0 Å². The van der Waals surface area contributed by atoms with Gasteiger partial charge in [0.1, 0.15) is 6.04 Å². The van der Waals surface area contributed by atoms with Gasteiger partial charge in [0.15, 0.2) is 17.3 Å². The van der Waals surface area contributed by atoms with Gasteiger partial charge in [-0.15, -0.1) is 5.10 Å². The van der Waals surface area contributed by atoms with Crippen molar-refractivity contribution < 1.29 is 18.4 Å². The smallest absolute Gasteiger partial charge is 0.274 e. The van der Waals surface area contributed by atoms with Crippen LogP contribution in [0.1, 0.15) is 52.1 Å². The third-order valence-electron chi connectivity index (χ3n) is 5.22. The number of hydrogen-bond acceptors (Lipinski definition) is 4. The molecule has 0 spiro atoms. The maximum absolute atomic E-state index is 13.7. The molecular weight excluding hydrogens is 404 g/mol. The zero-order valence-corrected chi connectivity index (χ0v) is 17.0. The predicted molar refractivity (Wildman–Crippen MR) is 109 cm³/mol. The number of carbonyl (C=O) groups excluding carboxylic acids is 2. The fourth-order valence-corrected chi connectivity index (χ4v) is 3.39. The number of benzene rings is 2. The number of nitrogens with zero attached hydrogens (tertiary/aromatic N) is 3. The number of amides is 2. The Morgan fingerprint density at radius 3 is 2.42 bits per heavy atom. The lowest BCUT2D eigenvalue weighted by molar-refractivity contribution is -0.122. The van der Waals surface area contributed by atoms with Crippen molar-refractivity contribution >= 4 is 11.8 Å². The van der Waals surface area contributed by atoms with Crippen molar-refractivity contribution in [3.63, 3.8) is 0 Å². The molecule has 1 heterocycles. The van der Waals surface area contributed by atoms with Gasteiger partial charge >= 0.3 is 0 Å². The number of aryl methyl sites for hydroxylation is 1. The average Bonchev–Trinajstić information content (AvgIpc) is 3.51. The van der Waals surface area contributed by atoms with E-state index in [9.17, 15) is 18.4 Å². The molecule has 0 radical (unpaired) electrons. The Kier molecular flexibility index (Phi) is 5.50. The molecule has 2 aromatic carbocycles. The van der Waals surface area contributed by atoms with Gasteiger partial charge < -0.3 is 10.6 Å². The zero-order chi connectivity index (χ0) is 22.1. The molecule has 0 aliphatic heterocycles. The molecule has 160 valence electrons. The van der Waals surface area contributed by atoms with Crippen molar-refractivity contribution in [2.45, 2.75) is 31.7 Å². The third-order valence-corrected chi connectivity index (χ3v) is 5.22. The summed E-state index contributed by atoms with van der Waals surface area (Å²) in [6.45, 7) is 1.98. The third kappa shape index (κ3) is 4.16. The van der Waals surface area contributed by atoms with Crippen LogP contribution in [0.25, 0.3) is 5.69 Å². The summed E-state index contributed by atoms with van der Waals surface area (Å²) in [7, 11) is 1.39. The maximum atomic E-state index is 13.7. The van der Waals surface area contributed by atoms with Crippen molar-refractivity contribution in [2.75, 3.05) is 7.05 Å². The lowest BCUT2D eigenvalue weighted by Gasteiger charge is -2.18. The van der Waals surface area contributed by atoms with E-state index in [0.717, 1.165) is 36.2 Å². The molecule has 1 atom stereocenters. The molecule has 1 saturated carbocycles. The fraction of sp³-hybridized carbons (Fsp3) is 0.273. The summed E-state index contributed by atoms with van der Waals surface area (Å²) in [5, 5.41) is 13.3. The number of likely N-dealkylation sites (N-methyl/N-ethyl adjacent to an activating group) is 1. The molecule has 1 aromatic heterocycles. The molecular formula is C22H21F2N5O2. The second kappa shape index (κ2) is 8.25. The summed E-state index contributed by atoms with van der Waals surface area (Å²) in [4.78, 5) is 25.5. The highest BCUT2D eigenvalue weighted by Gasteiger charge is 2.35. The highest BCUT2D eigenvalue weighted by Crippen LogP contribution is 2.42. The lowest BCUT2D eigenvalue weighted by Crippen LogP contribution is -2.39. The monoisotopic (exact) mass is 425 g/mol. The Balaban J connectivity index is 1.67. The minimum absolute atomic E-state index is 0.111. The topological polar surface area (TPSA) is 88.9 Å². The largest absolute Gasteiger partial charge is 0.357 e. The summed E-state index contributed by atoms with van der Waals surface area (Å²) in [6.07, 6.45) is 1.81. The van der Waals surface area contributed by atoms with Gasteiger partial charge in [-0.2, -0.15) is 0 Å². The van der Waals surface area contributed by atoms with Crippen LogP contribution in [0.15, 0.2) is 42.5 Å². The van der Waals surface area contributed by atoms with Gasteiger partial charge in [-0.05, 0) is 49.6 Å². The first-order chi connectivity index (χ1) is 14.9. The molecule has 1 fully saturated rings. The second-order valence-corrected chi connectivity index (χ2v) is 7.54. The molecule has 2 N–H and O–H groups in total. The standard InChI is InChI=1S/C22H21F2N5O2/c1-12-3-8-15(9-4-12)29-20(13-5-6-13)19(27-28-29)22(31)26-18(21(30)25-2)14-7-10-16(23)17(24)11-14/h3-4,7-11,13,18H,5-6H2,1-2H3,(H,25,30)(H,26,31). The Bertz CT molecular complexity index is 1140. The number of rotatable bonds is 6. The van der Waals surface area contributed by atoms with Crippen LogP contribution in [-0.4, -0.2) is 33.9 Å². The van der Waals surface area contributed by atoms with Gasteiger partial charge in [-0.25, -0.2) is 13.5 Å². The first kappa shape index (κ1) is 20.6. The minimum atomic E-state index is -1.22. The van der Waals surface area contributed by atoms with E-state index in [1.54, 1.807) is 4.68 Å². The Morgan fingerprint density at radius 2 is 1.81 bits per heavy atom. The van der Waals surface area contributed by atoms with Crippen molar-refractivity contribution in [3.8, 4) is 5.69 Å². The van der Waals surface area contributed by atoms with E-state index in [0.29, 0.717) is 5.69 Å². The van der Waals surface area contributed by atoms with E-state index < -0.39 is 29.5 Å². The van der Waals surface area contributed by atoms with Crippen molar-refractivity contribution in [3.05, 3.63) is 76.6 Å². The molecule has 0 bridgehead atoms. The van der Waals surface area contributed by atoms with Crippen LogP contribution in [0.4, 0.5) is 8.78 Å². The molecule has 31 heavy (non-hydrogen) atoms. The van der Waals surface area contributed by atoms with Gasteiger partial charge in [-0.1, -0.05) is 29.0 Å². The van der Waals surface area contributed by atoms with Crippen molar-refractivity contribution in [1.29, 1.82) is 0 Å². The molecule has 0 saturated heterocycles. The highest BCUT2D eigenvalue weighted by molar-refractivity contribution is 5.97. The Hall–Kier alpha value is -3.62. The van der Waals surface area contributed by atoms with Gasteiger partial charge in [0, 0.05) is 13.0 Å². The van der Waals surface area contributed by atoms with Gasteiger partial charge in [0.05, 0.1) is 11.4 Å². The van der Waals surface area contributed by atoms with E-state index in [1.165, 1.54) is 13.1 Å². The summed E-state index contributed by atoms with van der Waals surface area (Å²) < 4.78 is 28.7. The number of nitrogens with one attached hydrogen (secondary N) is 2.